The first-order valence-electron chi connectivity index (χ1n) is 0.374. The Kier molecular flexibility index (Phi) is 20.2. The second-order valence-electron chi connectivity index (χ2n) is 0.0674. The molecule has 0 amide bonds. The molecule has 0 aromatic heterocycles. The molecule has 0 aromatic carbocycles. The molecular weight excluding hydrogens is 129 g/mol. The van der Waals surface area contributed by atoms with E-state index in [0.29, 0.717) is 0 Å². The Labute approximate surface area is 76.0 Å². The van der Waals surface area contributed by atoms with Gasteiger partial charge in [0.1, 0.15) is 0 Å². The first kappa shape index (κ1) is 9.17. The van der Waals surface area contributed by atoms with Crippen molar-refractivity contribution >= 4 is 51.4 Å². The second-order valence-corrected chi connectivity index (χ2v) is 0.278. The van der Waals surface area contributed by atoms with Gasteiger partial charge in [-0.05, 0) is 0 Å². The Morgan fingerprint density at radius 1 is 1.75 bits per heavy atom. The summed E-state index contributed by atoms with van der Waals surface area (Å²) in [6, 6.07) is 0. The summed E-state index contributed by atoms with van der Waals surface area (Å²) >= 11 is 3.81. The Morgan fingerprint density at radius 3 is 1.75 bits per heavy atom. The molecule has 0 rings (SSSR count). The molecular formula is CHCuKN. The van der Waals surface area contributed by atoms with E-state index in [1.807, 2.05) is 0 Å². The third kappa shape index (κ3) is 9.42. The molecule has 0 aliphatic carbocycles. The molecule has 0 N–H and O–H groups in total. The Bertz CT molecular complexity index is 29.5. The van der Waals surface area contributed by atoms with E-state index in [-0.39, 0.29) is 51.4 Å². The van der Waals surface area contributed by atoms with Crippen LogP contribution in [0.1, 0.15) is 0 Å². The van der Waals surface area contributed by atoms with Crippen LogP contribution in [0.5, 0.6) is 0 Å². The van der Waals surface area contributed by atoms with Crippen molar-refractivity contribution in [3.05, 3.63) is 0 Å². The summed E-state index contributed by atoms with van der Waals surface area (Å²) in [6.45, 7) is 0. The molecule has 0 atom stereocenters. The van der Waals surface area contributed by atoms with Gasteiger partial charge in [-0.3, -0.25) is 0 Å². The van der Waals surface area contributed by atoms with Crippen LogP contribution < -0.4 is 0 Å². The van der Waals surface area contributed by atoms with Crippen LogP contribution in [0.3, 0.4) is 0 Å². The maximum absolute atomic E-state index is 7.12. The quantitative estimate of drug-likeness (QED) is 0.400. The molecule has 4 heavy (non-hydrogen) atoms. The first-order chi connectivity index (χ1) is 1.41. The average molecular weight is 130 g/mol. The molecule has 0 saturated carbocycles. The number of hydrogen-bond donors (Lipinski definition) is 0. The van der Waals surface area contributed by atoms with Gasteiger partial charge in [0.25, 0.3) is 0 Å². The minimum atomic E-state index is 0. The summed E-state index contributed by atoms with van der Waals surface area (Å²) in [7, 11) is 0. The summed E-state index contributed by atoms with van der Waals surface area (Å²) in [5.74, 6) is 0. The van der Waals surface area contributed by atoms with Gasteiger partial charge in [0.2, 0.25) is 0 Å². The zero-order valence-electron chi connectivity index (χ0n) is 1.25. The van der Waals surface area contributed by atoms with Crippen LogP contribution in [0.2, 0.25) is 0 Å². The maximum atomic E-state index is 7.12. The molecule has 0 aromatic rings. The van der Waals surface area contributed by atoms with Gasteiger partial charge >= 0.3 is 77.6 Å². The summed E-state index contributed by atoms with van der Waals surface area (Å²) in [5.41, 5.74) is 0. The molecule has 0 aliphatic rings. The van der Waals surface area contributed by atoms with E-state index in [1.165, 1.54) is 4.97 Å². The summed E-state index contributed by atoms with van der Waals surface area (Å²) in [4.78, 5) is 1.31. The van der Waals surface area contributed by atoms with Gasteiger partial charge in [0.05, 0.1) is 0 Å². The molecule has 0 aliphatic heterocycles. The van der Waals surface area contributed by atoms with Gasteiger partial charge in [-0.15, -0.1) is 0 Å². The Hall–Kier alpha value is 1.65. The van der Waals surface area contributed by atoms with Crippen molar-refractivity contribution in [2.24, 2.45) is 0 Å². The Morgan fingerprint density at radius 2 is 1.75 bits per heavy atom. The summed E-state index contributed by atoms with van der Waals surface area (Å²) < 4.78 is 0. The van der Waals surface area contributed by atoms with Crippen LogP contribution in [0, 0.1) is 10.2 Å². The van der Waals surface area contributed by atoms with E-state index in [2.05, 4.69) is 16.0 Å². The standard InChI is InChI=1S/CN.Cu.K.H/c1-2;;;. The van der Waals surface area contributed by atoms with E-state index >= 15 is 0 Å². The van der Waals surface area contributed by atoms with E-state index in [9.17, 15) is 0 Å². The van der Waals surface area contributed by atoms with Gasteiger partial charge in [-0.2, -0.15) is 0 Å². The topological polar surface area (TPSA) is 23.8 Å². The van der Waals surface area contributed by atoms with E-state index in [1.54, 1.807) is 0 Å². The minimum absolute atomic E-state index is 0. The van der Waals surface area contributed by atoms with E-state index in [4.69, 9.17) is 5.26 Å². The van der Waals surface area contributed by atoms with Crippen molar-refractivity contribution in [3.63, 3.8) is 0 Å². The fourth-order valence-electron chi connectivity index (χ4n) is 0. The molecule has 0 bridgehead atoms. The first-order valence-corrected chi connectivity index (χ1v) is 0.845. The number of nitriles is 1. The van der Waals surface area contributed by atoms with Crippen LogP contribution in [0.15, 0.2) is 0 Å². The fourth-order valence-corrected chi connectivity index (χ4v) is 0. The van der Waals surface area contributed by atoms with Crippen LogP contribution in [-0.4, -0.2) is 51.4 Å². The number of hydrogen-bond acceptors (Lipinski definition) is 1. The van der Waals surface area contributed by atoms with Crippen LogP contribution >= 0.6 is 0 Å². The van der Waals surface area contributed by atoms with Crippen molar-refractivity contribution in [1.82, 2.24) is 0 Å². The zero-order valence-corrected chi connectivity index (χ0v) is 2.19. The monoisotopic (exact) mass is 129 g/mol. The molecule has 22 valence electrons. The predicted molar refractivity (Wildman–Crippen MR) is 12.8 cm³/mol. The van der Waals surface area contributed by atoms with Crippen molar-refractivity contribution in [1.29, 1.82) is 5.26 Å². The van der Waals surface area contributed by atoms with Crippen LogP contribution in [0.4, 0.5) is 0 Å². The number of rotatable bonds is 0. The fraction of sp³-hybridized carbons (Fsp3) is 0. The molecule has 0 saturated heterocycles. The molecule has 0 unspecified atom stereocenters. The summed E-state index contributed by atoms with van der Waals surface area (Å²) in [6.07, 6.45) is 0. The van der Waals surface area contributed by atoms with Gasteiger partial charge in [-0.25, -0.2) is 0 Å². The van der Waals surface area contributed by atoms with Crippen molar-refractivity contribution in [2.45, 2.75) is 0 Å². The molecule has 0 spiro atoms. The third-order valence-electron chi connectivity index (χ3n) is 0. The van der Waals surface area contributed by atoms with Gasteiger partial charge in [0, 0.05) is 0 Å². The molecule has 0 radical (unpaired) electrons. The van der Waals surface area contributed by atoms with Crippen molar-refractivity contribution < 1.29 is 16.0 Å². The predicted octanol–water partition coefficient (Wildman–Crippen LogP) is -0.634. The average Bonchev–Trinajstić information content (AvgIpc) is 0.918. The van der Waals surface area contributed by atoms with E-state index < -0.39 is 0 Å². The molecule has 1 nitrogen and oxygen atoms in total. The van der Waals surface area contributed by atoms with Crippen LogP contribution in [0.25, 0.3) is 0 Å². The zero-order chi connectivity index (χ0) is 2.71. The molecule has 3 heteroatoms. The number of nitrogens with zero attached hydrogens (tertiary/aromatic N) is 1. The van der Waals surface area contributed by atoms with Gasteiger partial charge in [-0.1, -0.05) is 0 Å². The second kappa shape index (κ2) is 8.82. The molecule has 0 heterocycles. The third-order valence-corrected chi connectivity index (χ3v) is 0. The molecule has 0 fully saturated rings. The van der Waals surface area contributed by atoms with Gasteiger partial charge < -0.3 is 0 Å². The SMILES string of the molecule is N#[C][Cu].[KH]. The van der Waals surface area contributed by atoms with Crippen LogP contribution in [-0.2, 0) is 16.0 Å². The van der Waals surface area contributed by atoms with Crippen molar-refractivity contribution in [2.75, 3.05) is 0 Å². The Balaban J connectivity index is 0. The summed E-state index contributed by atoms with van der Waals surface area (Å²) in [5, 5.41) is 7.12. The van der Waals surface area contributed by atoms with E-state index in [0.717, 1.165) is 0 Å². The van der Waals surface area contributed by atoms with Crippen molar-refractivity contribution in [3.8, 4) is 4.97 Å². The van der Waals surface area contributed by atoms with Gasteiger partial charge in [0.15, 0.2) is 0 Å². The normalized spacial score (nSPS) is 2.25.